The van der Waals surface area contributed by atoms with E-state index in [1.807, 2.05) is 0 Å². The number of rotatable bonds is 2. The zero-order valence-electron chi connectivity index (χ0n) is 12.4. The van der Waals surface area contributed by atoms with Gasteiger partial charge in [-0.15, -0.1) is 0 Å². The molecular formula is C17H26N2. The van der Waals surface area contributed by atoms with Crippen LogP contribution in [0.4, 0.5) is 0 Å². The highest BCUT2D eigenvalue weighted by molar-refractivity contribution is 5.34. The molecule has 1 N–H and O–H groups in total. The van der Waals surface area contributed by atoms with Crippen LogP contribution >= 0.6 is 0 Å². The first-order valence-corrected chi connectivity index (χ1v) is 7.71. The number of fused-ring (bicyclic) bond motifs is 1. The van der Waals surface area contributed by atoms with Gasteiger partial charge < -0.3 is 5.32 Å². The van der Waals surface area contributed by atoms with Gasteiger partial charge in [0, 0.05) is 24.7 Å². The molecule has 104 valence electrons. The van der Waals surface area contributed by atoms with Crippen LogP contribution in [0, 0.1) is 5.92 Å². The second-order valence-corrected chi connectivity index (χ2v) is 6.46. The molecule has 1 aromatic rings. The summed E-state index contributed by atoms with van der Waals surface area (Å²) in [4.78, 5) is 2.75. The molecule has 0 bridgehead atoms. The number of nitrogens with one attached hydrogen (secondary N) is 1. The summed E-state index contributed by atoms with van der Waals surface area (Å²) in [5.74, 6) is 0.852. The number of likely N-dealkylation sites (tertiary alicyclic amines) is 1. The Morgan fingerprint density at radius 3 is 2.68 bits per heavy atom. The molecule has 1 aliphatic carbocycles. The van der Waals surface area contributed by atoms with E-state index in [-0.39, 0.29) is 0 Å². The zero-order chi connectivity index (χ0) is 13.4. The van der Waals surface area contributed by atoms with Gasteiger partial charge in [0.15, 0.2) is 0 Å². The summed E-state index contributed by atoms with van der Waals surface area (Å²) in [5.41, 5.74) is 3.06. The third-order valence-corrected chi connectivity index (χ3v) is 5.05. The second kappa shape index (κ2) is 5.26. The van der Waals surface area contributed by atoms with Crippen molar-refractivity contribution in [1.82, 2.24) is 10.2 Å². The number of nitrogens with zero attached hydrogens (tertiary/aromatic N) is 1. The molecule has 0 amide bonds. The molecule has 1 fully saturated rings. The van der Waals surface area contributed by atoms with Crippen molar-refractivity contribution in [3.8, 4) is 0 Å². The fourth-order valence-electron chi connectivity index (χ4n) is 4.24. The van der Waals surface area contributed by atoms with Gasteiger partial charge in [-0.2, -0.15) is 0 Å². The van der Waals surface area contributed by atoms with E-state index >= 15 is 0 Å². The van der Waals surface area contributed by atoms with Crippen molar-refractivity contribution >= 4 is 0 Å². The minimum atomic E-state index is 0.498. The summed E-state index contributed by atoms with van der Waals surface area (Å²) in [6.07, 6.45) is 3.88. The Morgan fingerprint density at radius 2 is 2.00 bits per heavy atom. The minimum Gasteiger partial charge on any atom is -0.312 e. The third-order valence-electron chi connectivity index (χ3n) is 5.05. The predicted octanol–water partition coefficient (Wildman–Crippen LogP) is 2.99. The normalized spacial score (nSPS) is 35.3. The van der Waals surface area contributed by atoms with E-state index in [1.54, 1.807) is 0 Å². The Kier molecular flexibility index (Phi) is 3.64. The van der Waals surface area contributed by atoms with E-state index in [9.17, 15) is 0 Å². The topological polar surface area (TPSA) is 15.3 Å². The average molecular weight is 258 g/mol. The van der Waals surface area contributed by atoms with Gasteiger partial charge in [-0.1, -0.05) is 31.2 Å². The molecule has 0 saturated carbocycles. The first-order valence-electron chi connectivity index (χ1n) is 7.71. The summed E-state index contributed by atoms with van der Waals surface area (Å²) in [6.45, 7) is 6.06. The molecular weight excluding hydrogens is 232 g/mol. The van der Waals surface area contributed by atoms with E-state index in [4.69, 9.17) is 0 Å². The van der Waals surface area contributed by atoms with Crippen molar-refractivity contribution in [2.24, 2.45) is 5.92 Å². The van der Waals surface area contributed by atoms with Gasteiger partial charge in [0.1, 0.15) is 0 Å². The molecule has 2 heteroatoms. The standard InChI is InChI=1S/C17H26N2/c1-12-10-13(2)19(11-12)16-9-8-14-6-4-5-7-15(14)17(16)18-3/h4-7,12-13,16-18H,8-11H2,1-3H3. The number of hydrogen-bond donors (Lipinski definition) is 1. The number of aryl methyl sites for hydroxylation is 1. The lowest BCUT2D eigenvalue weighted by Crippen LogP contribution is -2.47. The maximum atomic E-state index is 3.58. The lowest BCUT2D eigenvalue weighted by Gasteiger charge is -2.41. The van der Waals surface area contributed by atoms with Crippen LogP contribution in [0.25, 0.3) is 0 Å². The van der Waals surface area contributed by atoms with E-state index in [2.05, 4.69) is 55.4 Å². The highest BCUT2D eigenvalue weighted by atomic mass is 15.2. The highest BCUT2D eigenvalue weighted by Crippen LogP contribution is 2.37. The summed E-state index contributed by atoms with van der Waals surface area (Å²) in [6, 6.07) is 10.9. The fourth-order valence-corrected chi connectivity index (χ4v) is 4.24. The van der Waals surface area contributed by atoms with Crippen molar-refractivity contribution < 1.29 is 0 Å². The number of likely N-dealkylation sites (N-methyl/N-ethyl adjacent to an activating group) is 1. The van der Waals surface area contributed by atoms with Gasteiger partial charge in [-0.05, 0) is 50.3 Å². The molecule has 2 nitrogen and oxygen atoms in total. The van der Waals surface area contributed by atoms with Crippen molar-refractivity contribution in [2.75, 3.05) is 13.6 Å². The summed E-state index contributed by atoms with van der Waals surface area (Å²) in [7, 11) is 2.12. The van der Waals surface area contributed by atoms with Crippen LogP contribution in [-0.4, -0.2) is 30.6 Å². The maximum Gasteiger partial charge on any atom is 0.0478 e. The summed E-state index contributed by atoms with van der Waals surface area (Å²) >= 11 is 0. The highest BCUT2D eigenvalue weighted by Gasteiger charge is 2.38. The first kappa shape index (κ1) is 13.1. The van der Waals surface area contributed by atoms with Crippen molar-refractivity contribution in [2.45, 2.75) is 51.2 Å². The molecule has 1 aromatic carbocycles. The lowest BCUT2D eigenvalue weighted by molar-refractivity contribution is 0.135. The van der Waals surface area contributed by atoms with E-state index in [1.165, 1.54) is 36.9 Å². The third kappa shape index (κ3) is 2.32. The van der Waals surface area contributed by atoms with Gasteiger partial charge >= 0.3 is 0 Å². The van der Waals surface area contributed by atoms with Gasteiger partial charge in [-0.3, -0.25) is 4.90 Å². The minimum absolute atomic E-state index is 0.498. The van der Waals surface area contributed by atoms with Crippen LogP contribution in [0.2, 0.25) is 0 Å². The Morgan fingerprint density at radius 1 is 1.21 bits per heavy atom. The van der Waals surface area contributed by atoms with Gasteiger partial charge in [0.2, 0.25) is 0 Å². The van der Waals surface area contributed by atoms with Crippen LogP contribution in [0.5, 0.6) is 0 Å². The first-order chi connectivity index (χ1) is 9.20. The quantitative estimate of drug-likeness (QED) is 0.877. The molecule has 0 aromatic heterocycles. The summed E-state index contributed by atoms with van der Waals surface area (Å²) < 4.78 is 0. The fraction of sp³-hybridized carbons (Fsp3) is 0.647. The number of hydrogen-bond acceptors (Lipinski definition) is 2. The summed E-state index contributed by atoms with van der Waals surface area (Å²) in [5, 5.41) is 3.58. The smallest absolute Gasteiger partial charge is 0.0478 e. The molecule has 1 saturated heterocycles. The molecule has 1 aliphatic heterocycles. The van der Waals surface area contributed by atoms with Gasteiger partial charge in [-0.25, -0.2) is 0 Å². The molecule has 0 radical (unpaired) electrons. The van der Waals surface area contributed by atoms with Crippen LogP contribution in [-0.2, 0) is 6.42 Å². The van der Waals surface area contributed by atoms with Crippen molar-refractivity contribution in [3.63, 3.8) is 0 Å². The monoisotopic (exact) mass is 258 g/mol. The molecule has 1 heterocycles. The van der Waals surface area contributed by atoms with Gasteiger partial charge in [0.05, 0.1) is 0 Å². The molecule has 3 rings (SSSR count). The SMILES string of the molecule is CNC1c2ccccc2CCC1N1CC(C)CC1C. The van der Waals surface area contributed by atoms with E-state index in [0.717, 1.165) is 12.0 Å². The van der Waals surface area contributed by atoms with Crippen molar-refractivity contribution in [3.05, 3.63) is 35.4 Å². The lowest BCUT2D eigenvalue weighted by atomic mass is 9.83. The Hall–Kier alpha value is -0.860. The van der Waals surface area contributed by atoms with Crippen LogP contribution in [0.3, 0.4) is 0 Å². The van der Waals surface area contributed by atoms with Crippen LogP contribution in [0.1, 0.15) is 43.9 Å². The van der Waals surface area contributed by atoms with Crippen molar-refractivity contribution in [1.29, 1.82) is 0 Å². The molecule has 4 unspecified atom stereocenters. The Balaban J connectivity index is 1.88. The molecule has 0 spiro atoms. The predicted molar refractivity (Wildman–Crippen MR) is 80.3 cm³/mol. The number of benzene rings is 1. The molecule has 4 atom stereocenters. The molecule has 2 aliphatic rings. The van der Waals surface area contributed by atoms with Gasteiger partial charge in [0.25, 0.3) is 0 Å². The van der Waals surface area contributed by atoms with E-state index < -0.39 is 0 Å². The average Bonchev–Trinajstić information content (AvgIpc) is 2.76. The Labute approximate surface area is 117 Å². The van der Waals surface area contributed by atoms with Crippen LogP contribution < -0.4 is 5.32 Å². The van der Waals surface area contributed by atoms with Crippen LogP contribution in [0.15, 0.2) is 24.3 Å². The second-order valence-electron chi connectivity index (χ2n) is 6.46. The van der Waals surface area contributed by atoms with E-state index in [0.29, 0.717) is 12.1 Å². The zero-order valence-corrected chi connectivity index (χ0v) is 12.4. The molecule has 19 heavy (non-hydrogen) atoms. The largest absolute Gasteiger partial charge is 0.312 e. The Bertz CT molecular complexity index is 443. The maximum absolute atomic E-state index is 3.58.